The van der Waals surface area contributed by atoms with Crippen LogP contribution in [0.1, 0.15) is 0 Å². The van der Waals surface area contributed by atoms with Gasteiger partial charge in [0.1, 0.15) is 5.75 Å². The van der Waals surface area contributed by atoms with Gasteiger partial charge < -0.3 is 14.5 Å². The van der Waals surface area contributed by atoms with E-state index in [0.29, 0.717) is 0 Å². The smallest absolute Gasteiger partial charge is 0.127 e. The van der Waals surface area contributed by atoms with Crippen LogP contribution < -0.4 is 24.9 Å². The Kier molecular flexibility index (Phi) is 11.7. The van der Waals surface area contributed by atoms with Crippen molar-refractivity contribution in [2.24, 2.45) is 0 Å². The molecule has 0 aliphatic carbocycles. The van der Waals surface area contributed by atoms with Crippen LogP contribution in [0.5, 0.6) is 5.75 Å². The number of para-hydroxylation sites is 2. The van der Waals surface area contributed by atoms with Crippen LogP contribution in [0.4, 0.5) is 34.1 Å². The van der Waals surface area contributed by atoms with Crippen LogP contribution in [0.3, 0.4) is 0 Å². The number of nitrogens with zero attached hydrogens (tertiary/aromatic N) is 2. The Morgan fingerprint density at radius 2 is 0.656 bits per heavy atom. The molecule has 5 heteroatoms. The third kappa shape index (κ3) is 8.70. The fourth-order valence-electron chi connectivity index (χ4n) is 8.74. The third-order valence-electron chi connectivity index (χ3n) is 12.3. The minimum absolute atomic E-state index is 0.844. The van der Waals surface area contributed by atoms with Gasteiger partial charge in [-0.2, -0.15) is 0 Å². The summed E-state index contributed by atoms with van der Waals surface area (Å²) in [7, 11) is -1.06. The summed E-state index contributed by atoms with van der Waals surface area (Å²) in [6, 6.07) is 77.3. The van der Waals surface area contributed by atoms with Gasteiger partial charge in [0.15, 0.2) is 0 Å². The molecule has 0 saturated heterocycles. The number of benzene rings is 9. The predicted octanol–water partition coefficient (Wildman–Crippen LogP) is 15.9. The maximum Gasteiger partial charge on any atom is 0.127 e. The highest BCUT2D eigenvalue weighted by molar-refractivity contribution is 6.89. The minimum atomic E-state index is -1.42. The molecule has 0 aliphatic heterocycles. The van der Waals surface area contributed by atoms with Gasteiger partial charge in [-0.25, -0.2) is 0 Å². The third-order valence-corrected chi connectivity index (χ3v) is 16.5. The van der Waals surface area contributed by atoms with Gasteiger partial charge in [0.2, 0.25) is 0 Å². The molecule has 0 N–H and O–H groups in total. The van der Waals surface area contributed by atoms with Gasteiger partial charge in [-0.05, 0) is 117 Å². The highest BCUT2D eigenvalue weighted by Gasteiger charge is 2.21. The Labute approximate surface area is 381 Å². The van der Waals surface area contributed by atoms with Crippen molar-refractivity contribution in [3.05, 3.63) is 212 Å². The molecule has 0 heterocycles. The summed E-state index contributed by atoms with van der Waals surface area (Å²) < 4.78 is 6.16. The molecule has 0 spiro atoms. The minimum Gasteiger partial charge on any atom is -0.496 e. The molecule has 316 valence electrons. The van der Waals surface area contributed by atoms with Gasteiger partial charge >= 0.3 is 0 Å². The van der Waals surface area contributed by atoms with Crippen LogP contribution in [0.2, 0.25) is 39.3 Å². The summed E-state index contributed by atoms with van der Waals surface area (Å²) >= 11 is 0. The lowest BCUT2D eigenvalue weighted by atomic mass is 9.91. The first-order valence-corrected chi connectivity index (χ1v) is 29.3. The van der Waals surface area contributed by atoms with Crippen LogP contribution in [-0.4, -0.2) is 23.3 Å². The molecule has 0 unspecified atom stereocenters. The monoisotopic (exact) mass is 864 g/mol. The molecule has 64 heavy (non-hydrogen) atoms. The lowest BCUT2D eigenvalue weighted by Crippen LogP contribution is -2.37. The van der Waals surface area contributed by atoms with Crippen molar-refractivity contribution in [1.82, 2.24) is 0 Å². The quantitative estimate of drug-likeness (QED) is 0.114. The molecule has 9 rings (SSSR count). The van der Waals surface area contributed by atoms with E-state index in [-0.39, 0.29) is 0 Å². The van der Waals surface area contributed by atoms with Crippen LogP contribution in [0.25, 0.3) is 44.2 Å². The Hall–Kier alpha value is -6.93. The molecule has 9 aromatic carbocycles. The molecular formula is C59H56N2OSi2. The number of fused-ring (bicyclic) bond motifs is 1. The van der Waals surface area contributed by atoms with E-state index in [1.165, 1.54) is 32.3 Å². The predicted molar refractivity (Wildman–Crippen MR) is 282 cm³/mol. The van der Waals surface area contributed by atoms with Gasteiger partial charge in [-0.3, -0.25) is 0 Å². The largest absolute Gasteiger partial charge is 0.496 e. The molecule has 0 atom stereocenters. The van der Waals surface area contributed by atoms with E-state index >= 15 is 0 Å². The topological polar surface area (TPSA) is 15.7 Å². The van der Waals surface area contributed by atoms with Gasteiger partial charge in [0, 0.05) is 39.7 Å². The molecule has 0 bridgehead atoms. The molecular weight excluding hydrogens is 809 g/mol. The molecule has 0 fully saturated rings. The lowest BCUT2D eigenvalue weighted by molar-refractivity contribution is 0.416. The number of hydrogen-bond acceptors (Lipinski definition) is 3. The zero-order chi connectivity index (χ0) is 44.4. The average molecular weight is 865 g/mol. The van der Waals surface area contributed by atoms with E-state index in [0.717, 1.165) is 62.1 Å². The Bertz CT molecular complexity index is 3010. The van der Waals surface area contributed by atoms with Gasteiger partial charge in [-0.1, -0.05) is 183 Å². The maximum atomic E-state index is 6.16. The highest BCUT2D eigenvalue weighted by atomic mass is 28.3. The van der Waals surface area contributed by atoms with Crippen molar-refractivity contribution in [2.75, 3.05) is 16.9 Å². The number of ether oxygens (including phenoxy) is 1. The van der Waals surface area contributed by atoms with E-state index in [2.05, 4.69) is 261 Å². The number of anilines is 6. The summed E-state index contributed by atoms with van der Waals surface area (Å²) in [6.45, 7) is 14.4. The second kappa shape index (κ2) is 17.7. The highest BCUT2D eigenvalue weighted by Crippen LogP contribution is 2.43. The van der Waals surface area contributed by atoms with Crippen molar-refractivity contribution in [3.8, 4) is 39.1 Å². The second-order valence-corrected chi connectivity index (χ2v) is 28.8. The first kappa shape index (κ1) is 42.4. The van der Waals surface area contributed by atoms with Gasteiger partial charge in [-0.15, -0.1) is 0 Å². The van der Waals surface area contributed by atoms with Gasteiger partial charge in [0.05, 0.1) is 23.3 Å². The first-order valence-electron chi connectivity index (χ1n) is 22.3. The van der Waals surface area contributed by atoms with Crippen molar-refractivity contribution in [2.45, 2.75) is 39.3 Å². The molecule has 9 aromatic rings. The fraction of sp³-hybridized carbons (Fsp3) is 0.119. The first-order chi connectivity index (χ1) is 31.0. The molecule has 0 saturated carbocycles. The Balaban J connectivity index is 1.02. The number of methoxy groups -OCH3 is 1. The Morgan fingerprint density at radius 1 is 0.312 bits per heavy atom. The van der Waals surface area contributed by atoms with Crippen molar-refractivity contribution in [3.63, 3.8) is 0 Å². The average Bonchev–Trinajstić information content (AvgIpc) is 3.32. The number of rotatable bonds is 12. The van der Waals surface area contributed by atoms with Crippen LogP contribution in [0, 0.1) is 0 Å². The molecule has 0 aromatic heterocycles. The zero-order valence-electron chi connectivity index (χ0n) is 38.0. The fourth-order valence-corrected chi connectivity index (χ4v) is 11.1. The van der Waals surface area contributed by atoms with Crippen molar-refractivity contribution < 1.29 is 4.74 Å². The molecule has 0 amide bonds. The van der Waals surface area contributed by atoms with E-state index in [1.807, 2.05) is 0 Å². The van der Waals surface area contributed by atoms with E-state index < -0.39 is 16.1 Å². The SMILES string of the molecule is COc1cc(-c2ccc(N(c3ccccc3)c3ccc([Si](C)(C)C)cc3)cc2)ccc1-c1ccc(-c2ccc(N(c3ccccc3)c3ccc([Si](C)(C)C)cc3)cc2)c2ccccc12. The van der Waals surface area contributed by atoms with Crippen LogP contribution >= 0.6 is 0 Å². The second-order valence-electron chi connectivity index (χ2n) is 18.7. The summed E-state index contributed by atoms with van der Waals surface area (Å²) in [6.07, 6.45) is 0. The molecule has 3 nitrogen and oxygen atoms in total. The van der Waals surface area contributed by atoms with Crippen molar-refractivity contribution in [1.29, 1.82) is 0 Å². The standard InChI is InChI=1S/C59H56N2OSi2/c1-62-59-42-45(43-22-27-48(28-23-43)60(46-16-10-8-11-17-46)50-31-35-52(36-32-50)63(2,3)4)26-39-58(59)57-41-40-54(55-20-14-15-21-56(55)57)44-24-29-49(30-25-44)61(47-18-12-9-13-19-47)51-33-37-53(38-34-51)64(5,6)7/h8-42H,1-7H3. The van der Waals surface area contributed by atoms with Gasteiger partial charge in [0.25, 0.3) is 0 Å². The van der Waals surface area contributed by atoms with Crippen LogP contribution in [-0.2, 0) is 0 Å². The summed E-state index contributed by atoms with van der Waals surface area (Å²) in [5.74, 6) is 0.844. The maximum absolute atomic E-state index is 6.16. The van der Waals surface area contributed by atoms with E-state index in [1.54, 1.807) is 7.11 Å². The molecule has 0 aliphatic rings. The normalized spacial score (nSPS) is 11.7. The zero-order valence-corrected chi connectivity index (χ0v) is 40.0. The lowest BCUT2D eigenvalue weighted by Gasteiger charge is -2.27. The summed E-state index contributed by atoms with van der Waals surface area (Å²) in [5.41, 5.74) is 13.6. The van der Waals surface area contributed by atoms with Crippen molar-refractivity contribution >= 4 is 71.4 Å². The van der Waals surface area contributed by atoms with Crippen LogP contribution in [0.15, 0.2) is 212 Å². The number of hydrogen-bond donors (Lipinski definition) is 0. The Morgan fingerprint density at radius 3 is 1.09 bits per heavy atom. The van der Waals surface area contributed by atoms with E-state index in [4.69, 9.17) is 4.74 Å². The summed E-state index contributed by atoms with van der Waals surface area (Å²) in [4.78, 5) is 4.68. The summed E-state index contributed by atoms with van der Waals surface area (Å²) in [5, 5.41) is 5.30. The molecule has 0 radical (unpaired) electrons. The van der Waals surface area contributed by atoms with E-state index in [9.17, 15) is 0 Å².